The highest BCUT2D eigenvalue weighted by Crippen LogP contribution is 2.48. The van der Waals surface area contributed by atoms with Gasteiger partial charge in [0, 0.05) is 46.4 Å². The average Bonchev–Trinajstić information content (AvgIpc) is 3.99. The van der Waals surface area contributed by atoms with Gasteiger partial charge in [-0.05, 0) is 72.8 Å². The number of nitrogens with zero attached hydrogens (tertiary/aromatic N) is 4. The van der Waals surface area contributed by atoms with Crippen molar-refractivity contribution < 1.29 is 8.83 Å². The van der Waals surface area contributed by atoms with E-state index in [1.165, 1.54) is 0 Å². The highest BCUT2D eigenvalue weighted by molar-refractivity contribution is 5.86. The quantitative estimate of drug-likeness (QED) is 0.130. The van der Waals surface area contributed by atoms with Crippen LogP contribution in [0.1, 0.15) is 50.1 Å². The van der Waals surface area contributed by atoms with Crippen LogP contribution in [0, 0.1) is 17.8 Å². The predicted molar refractivity (Wildman–Crippen MR) is 305 cm³/mol. The van der Waals surface area contributed by atoms with E-state index in [0.717, 1.165) is 0 Å². The highest BCUT2D eigenvalue weighted by Gasteiger charge is 2.46. The first kappa shape index (κ1) is 48.1. The number of furan rings is 2. The topological polar surface area (TPSA) is 148 Å². The Labute approximate surface area is 451 Å². The Balaban J connectivity index is 1.25. The van der Waals surface area contributed by atoms with E-state index in [2.05, 4.69) is 0 Å². The lowest BCUT2D eigenvalue weighted by atomic mass is 9.75. The fraction of sp³-hybridized carbons (Fsp3) is 0.0597. The van der Waals surface area contributed by atoms with Gasteiger partial charge >= 0.3 is 33.5 Å². The molecule has 12 heteroatoms. The normalized spacial score (nSPS) is 11.6. The molecule has 79 heavy (non-hydrogen) atoms. The van der Waals surface area contributed by atoms with Crippen molar-refractivity contribution in [1.82, 2.24) is 18.3 Å². The Morgan fingerprint density at radius 2 is 0.506 bits per heavy atom. The molecule has 0 aromatic heterocycles. The summed E-state index contributed by atoms with van der Waals surface area (Å²) >= 11 is 0. The van der Waals surface area contributed by atoms with E-state index in [1.807, 2.05) is 121 Å². The van der Waals surface area contributed by atoms with Gasteiger partial charge in [-0.3, -0.25) is 18.3 Å². The van der Waals surface area contributed by atoms with Crippen LogP contribution in [0.3, 0.4) is 0 Å². The van der Waals surface area contributed by atoms with Crippen LogP contribution >= 0.6 is 0 Å². The van der Waals surface area contributed by atoms with Crippen LogP contribution in [0.25, 0.3) is 67.7 Å². The maximum Gasteiger partial charge on any atom is 0.394 e. The molecule has 12 aliphatic rings. The van der Waals surface area contributed by atoms with Gasteiger partial charge in [0.2, 0.25) is 0 Å². The summed E-state index contributed by atoms with van der Waals surface area (Å²) in [6.45, 7) is 0. The molecule has 0 amide bonds. The van der Waals surface area contributed by atoms with Gasteiger partial charge in [-0.15, -0.1) is 0 Å². The zero-order valence-electron chi connectivity index (χ0n) is 43.1. The molecule has 6 aliphatic heterocycles. The van der Waals surface area contributed by atoms with Crippen LogP contribution in [0.15, 0.2) is 238 Å². The second kappa shape index (κ2) is 18.6. The van der Waals surface area contributed by atoms with Crippen molar-refractivity contribution in [3.8, 4) is 67.7 Å². The zero-order chi connectivity index (χ0) is 54.4. The number of aromatic nitrogens is 4. The second-order valence-electron chi connectivity index (χ2n) is 19.6. The van der Waals surface area contributed by atoms with Crippen LogP contribution in [0.2, 0.25) is 0 Å². The molecule has 0 N–H and O–H groups in total. The van der Waals surface area contributed by atoms with E-state index in [1.54, 1.807) is 125 Å². The molecule has 1 aromatic carbocycles. The molecular weight excluding hydrogens is 989 g/mol. The third-order valence-corrected chi connectivity index (χ3v) is 15.3. The van der Waals surface area contributed by atoms with Crippen LogP contribution in [-0.4, -0.2) is 18.3 Å². The van der Waals surface area contributed by atoms with E-state index in [-0.39, 0.29) is 79.3 Å². The van der Waals surface area contributed by atoms with Gasteiger partial charge in [0.15, 0.2) is 22.6 Å². The van der Waals surface area contributed by atoms with Gasteiger partial charge in [0.25, 0.3) is 0 Å². The van der Waals surface area contributed by atoms with Crippen molar-refractivity contribution in [3.63, 3.8) is 0 Å². The minimum atomic E-state index is -0.760. The number of rotatable bonds is 9. The molecule has 0 saturated carbocycles. The third-order valence-electron chi connectivity index (χ3n) is 15.3. The lowest BCUT2D eigenvalue weighted by Gasteiger charge is -2.19. The Morgan fingerprint density at radius 3 is 0.785 bits per heavy atom. The number of hydrogen-bond acceptors (Lipinski definition) is 8. The number of benzene rings is 1. The fourth-order valence-corrected chi connectivity index (χ4v) is 11.7. The van der Waals surface area contributed by atoms with Gasteiger partial charge in [-0.2, -0.15) is 0 Å². The van der Waals surface area contributed by atoms with Crippen LogP contribution in [0.4, 0.5) is 0 Å². The second-order valence-corrected chi connectivity index (χ2v) is 19.6. The Bertz CT molecular complexity index is 4260. The number of hydrogen-bond donors (Lipinski definition) is 0. The monoisotopic (exact) mass is 1030 g/mol. The standard InChI is InChI=1S/C67H45N4O8/c1-68-47-29-17-5-11-23-41(47)56(62(68)72)53(57-42-24-12-6-18-30-48(42)69(2)63(57)73)38-35-39(54(58-43-25-13-7-19-31-49(43)70(3)64(58)74)59-44-26-14-8-20-32-50(44)71(4)65(59)75)37-40(36-38)55(60-45-27-15-9-21-33-51(45)78-66(60)76)61-46-28-16-10-22-34-52(46)79-67(61)77/h5-37H,1-4H3/q+3. The van der Waals surface area contributed by atoms with Crippen LogP contribution < -0.4 is 33.5 Å². The van der Waals surface area contributed by atoms with Crippen molar-refractivity contribution in [2.24, 2.45) is 28.2 Å². The summed E-state index contributed by atoms with van der Waals surface area (Å²) in [6.07, 6.45) is 0. The molecule has 0 spiro atoms. The molecule has 0 unspecified atom stereocenters. The van der Waals surface area contributed by atoms with Crippen molar-refractivity contribution >= 4 is 0 Å². The third kappa shape index (κ3) is 7.40. The molecule has 0 saturated heterocycles. The van der Waals surface area contributed by atoms with Crippen molar-refractivity contribution in [2.75, 3.05) is 0 Å². The van der Waals surface area contributed by atoms with Gasteiger partial charge in [-0.25, -0.2) is 28.8 Å². The van der Waals surface area contributed by atoms with Gasteiger partial charge in [0.1, 0.15) is 22.3 Å². The van der Waals surface area contributed by atoms with Gasteiger partial charge in [0.05, 0.1) is 90.6 Å². The van der Waals surface area contributed by atoms with E-state index in [0.29, 0.717) is 56.2 Å². The molecule has 0 fully saturated rings. The maximum atomic E-state index is 15.5. The summed E-state index contributed by atoms with van der Waals surface area (Å²) in [5.74, 6) is 1.02. The molecule has 6 heterocycles. The summed E-state index contributed by atoms with van der Waals surface area (Å²) < 4.78 is 18.3. The van der Waals surface area contributed by atoms with E-state index >= 15 is 19.2 Å². The Kier molecular flexibility index (Phi) is 11.3. The molecule has 12 nitrogen and oxygen atoms in total. The Hall–Kier alpha value is -10.6. The largest absolute Gasteiger partial charge is 0.394 e. The summed E-state index contributed by atoms with van der Waals surface area (Å²) in [5, 5.41) is 0. The molecule has 1 aromatic rings. The maximum absolute atomic E-state index is 15.5. The van der Waals surface area contributed by atoms with Gasteiger partial charge < -0.3 is 8.83 Å². The summed E-state index contributed by atoms with van der Waals surface area (Å²) in [5.41, 5.74) is 3.62. The van der Waals surface area contributed by atoms with Crippen molar-refractivity contribution in [1.29, 1.82) is 0 Å². The molecule has 6 aliphatic carbocycles. The van der Waals surface area contributed by atoms with E-state index < -0.39 is 33.5 Å². The van der Waals surface area contributed by atoms with Crippen molar-refractivity contribution in [2.45, 2.75) is 0 Å². The molecular formula is C67H45N4O8+3. The highest BCUT2D eigenvalue weighted by atomic mass is 16.4. The molecule has 0 atom stereocenters. The first-order valence-electron chi connectivity index (χ1n) is 25.6. The fourth-order valence-electron chi connectivity index (χ4n) is 11.7. The minimum absolute atomic E-state index is 0.0236. The minimum Gasteiger partial charge on any atom is -0.390 e. The molecule has 0 radical (unpaired) electrons. The zero-order valence-corrected chi connectivity index (χ0v) is 43.1. The summed E-state index contributed by atoms with van der Waals surface area (Å²) in [6, 6.07) is 59.5. The summed E-state index contributed by atoms with van der Waals surface area (Å²) in [4.78, 5) is 91.8. The molecule has 378 valence electrons. The SMILES string of the molecule is Cn1c2cccccc-2c([C+](c2cc([C+](c3c4cccccc-4oc3=O)c3c4cccccc-4oc3=O)cc([C+](c3c4cccccc-4n(C)c3=O)c3c4cccccc-4n(C)c3=O)c2)c2c3cccccc-3n(C)c2=O)c1=O. The number of fused-ring (bicyclic) bond motifs is 6. The lowest BCUT2D eigenvalue weighted by molar-refractivity contribution is 0.539. The lowest BCUT2D eigenvalue weighted by Crippen LogP contribution is -2.26. The van der Waals surface area contributed by atoms with E-state index in [9.17, 15) is 9.59 Å². The van der Waals surface area contributed by atoms with Crippen molar-refractivity contribution in [3.05, 3.63) is 330 Å². The first-order chi connectivity index (χ1) is 38.4. The van der Waals surface area contributed by atoms with Gasteiger partial charge in [-0.1, -0.05) is 109 Å². The Morgan fingerprint density at radius 1 is 0.278 bits per heavy atom. The van der Waals surface area contributed by atoms with E-state index in [4.69, 9.17) is 8.83 Å². The molecule has 13 rings (SSSR count). The van der Waals surface area contributed by atoms with Crippen LogP contribution in [-0.2, 0) is 28.2 Å². The molecule has 0 bridgehead atoms. The predicted octanol–water partition coefficient (Wildman–Crippen LogP) is 10.1. The average molecular weight is 1030 g/mol. The smallest absolute Gasteiger partial charge is 0.390 e. The van der Waals surface area contributed by atoms with Crippen LogP contribution in [0.5, 0.6) is 0 Å². The first-order valence-corrected chi connectivity index (χ1v) is 25.6. The summed E-state index contributed by atoms with van der Waals surface area (Å²) in [7, 11) is 6.72.